The van der Waals surface area contributed by atoms with Crippen LogP contribution >= 0.6 is 0 Å². The van der Waals surface area contributed by atoms with Crippen LogP contribution in [-0.2, 0) is 0 Å². The van der Waals surface area contributed by atoms with Crippen molar-refractivity contribution in [3.63, 3.8) is 0 Å². The zero-order valence-electron chi connectivity index (χ0n) is 14.0. The van der Waals surface area contributed by atoms with Gasteiger partial charge in [0.25, 0.3) is 0 Å². The Morgan fingerprint density at radius 2 is 1.95 bits per heavy atom. The number of carbonyl (C=O) groups is 1. The first-order valence-corrected chi connectivity index (χ1v) is 8.65. The summed E-state index contributed by atoms with van der Waals surface area (Å²) in [5.74, 6) is 1.95. The van der Waals surface area contributed by atoms with E-state index < -0.39 is 0 Å². The second-order valence-corrected chi connectivity index (χ2v) is 7.08. The van der Waals surface area contributed by atoms with Gasteiger partial charge in [-0.05, 0) is 46.5 Å². The number of carbonyl (C=O) groups excluding carboxylic acids is 1. The second-order valence-electron chi connectivity index (χ2n) is 7.08. The van der Waals surface area contributed by atoms with Gasteiger partial charge in [0.15, 0.2) is 0 Å². The van der Waals surface area contributed by atoms with Crippen LogP contribution in [0.15, 0.2) is 6.20 Å². The minimum atomic E-state index is 0.0787. The van der Waals surface area contributed by atoms with E-state index in [9.17, 15) is 4.79 Å². The van der Waals surface area contributed by atoms with Crippen LogP contribution in [0.4, 0.5) is 4.79 Å². The van der Waals surface area contributed by atoms with Crippen LogP contribution in [0.3, 0.4) is 0 Å². The predicted octanol–water partition coefficient (Wildman–Crippen LogP) is 3.21. The monoisotopic (exact) mass is 304 g/mol. The van der Waals surface area contributed by atoms with Crippen molar-refractivity contribution < 1.29 is 4.79 Å². The number of aromatic nitrogens is 2. The summed E-state index contributed by atoms with van der Waals surface area (Å²) < 4.78 is 2.46. The third kappa shape index (κ3) is 2.99. The van der Waals surface area contributed by atoms with Crippen LogP contribution in [0.2, 0.25) is 0 Å². The highest BCUT2D eigenvalue weighted by Crippen LogP contribution is 2.38. The minimum Gasteiger partial charge on any atom is -0.336 e. The maximum atomic E-state index is 12.1. The van der Waals surface area contributed by atoms with Gasteiger partial charge in [-0.15, -0.1) is 0 Å². The van der Waals surface area contributed by atoms with E-state index in [0.717, 1.165) is 25.9 Å². The van der Waals surface area contributed by atoms with Crippen molar-refractivity contribution in [1.29, 1.82) is 0 Å². The van der Waals surface area contributed by atoms with E-state index in [1.165, 1.54) is 30.8 Å². The third-order valence-electron chi connectivity index (χ3n) is 5.01. The Labute approximate surface area is 133 Å². The van der Waals surface area contributed by atoms with Gasteiger partial charge in [-0.2, -0.15) is 0 Å². The molecule has 122 valence electrons. The van der Waals surface area contributed by atoms with Crippen molar-refractivity contribution >= 4 is 6.03 Å². The molecule has 1 aromatic rings. The Kier molecular flexibility index (Phi) is 4.41. The molecule has 3 rings (SSSR count). The number of hydrogen-bond donors (Lipinski definition) is 1. The normalized spacial score (nSPS) is 20.3. The number of aryl methyl sites for hydroxylation is 1. The summed E-state index contributed by atoms with van der Waals surface area (Å²) in [5, 5.41) is 2.99. The van der Waals surface area contributed by atoms with Gasteiger partial charge < -0.3 is 14.8 Å². The second kappa shape index (κ2) is 6.31. The molecule has 0 bridgehead atoms. The van der Waals surface area contributed by atoms with E-state index in [-0.39, 0.29) is 12.1 Å². The number of nitrogens with zero attached hydrogens (tertiary/aromatic N) is 3. The van der Waals surface area contributed by atoms with Crippen LogP contribution in [-0.4, -0.2) is 39.6 Å². The zero-order chi connectivity index (χ0) is 15.7. The van der Waals surface area contributed by atoms with Crippen molar-refractivity contribution in [2.75, 3.05) is 13.1 Å². The van der Waals surface area contributed by atoms with Gasteiger partial charge in [0.1, 0.15) is 5.82 Å². The van der Waals surface area contributed by atoms with Crippen molar-refractivity contribution in [3.05, 3.63) is 17.7 Å². The lowest BCUT2D eigenvalue weighted by Crippen LogP contribution is -2.46. The van der Waals surface area contributed by atoms with E-state index in [1.54, 1.807) is 0 Å². The molecule has 5 heteroatoms. The minimum absolute atomic E-state index is 0.0787. The zero-order valence-corrected chi connectivity index (χ0v) is 14.0. The highest BCUT2D eigenvalue weighted by molar-refractivity contribution is 5.74. The molecule has 5 nitrogen and oxygen atoms in total. The van der Waals surface area contributed by atoms with Gasteiger partial charge in [0, 0.05) is 43.0 Å². The lowest BCUT2D eigenvalue weighted by Gasteiger charge is -2.36. The van der Waals surface area contributed by atoms with Crippen LogP contribution in [0, 0.1) is 6.92 Å². The molecule has 1 saturated heterocycles. The molecule has 0 aromatic carbocycles. The van der Waals surface area contributed by atoms with E-state index in [2.05, 4.69) is 21.8 Å². The van der Waals surface area contributed by atoms with Crippen molar-refractivity contribution in [2.24, 2.45) is 0 Å². The van der Waals surface area contributed by atoms with E-state index in [0.29, 0.717) is 12.0 Å². The molecule has 1 N–H and O–H groups in total. The van der Waals surface area contributed by atoms with Gasteiger partial charge in [-0.25, -0.2) is 9.78 Å². The fraction of sp³-hybridized carbons (Fsp3) is 0.765. The molecule has 2 amide bonds. The number of likely N-dealkylation sites (tertiary alicyclic amines) is 1. The topological polar surface area (TPSA) is 50.2 Å². The molecule has 1 saturated carbocycles. The maximum absolute atomic E-state index is 12.1. The summed E-state index contributed by atoms with van der Waals surface area (Å²) in [7, 11) is 0. The Hall–Kier alpha value is -1.52. The summed E-state index contributed by atoms with van der Waals surface area (Å²) >= 11 is 0. The average molecular weight is 304 g/mol. The molecular weight excluding hydrogens is 276 g/mol. The first-order chi connectivity index (χ1) is 10.6. The number of urea groups is 1. The van der Waals surface area contributed by atoms with Crippen LogP contribution < -0.4 is 5.32 Å². The highest BCUT2D eigenvalue weighted by atomic mass is 16.2. The molecule has 1 aromatic heterocycles. The molecule has 2 fully saturated rings. The Morgan fingerprint density at radius 1 is 1.27 bits per heavy atom. The fourth-order valence-electron chi connectivity index (χ4n) is 3.57. The van der Waals surface area contributed by atoms with E-state index in [4.69, 9.17) is 0 Å². The van der Waals surface area contributed by atoms with Gasteiger partial charge in [0.05, 0.1) is 0 Å². The summed E-state index contributed by atoms with van der Waals surface area (Å²) in [6.45, 7) is 7.84. The molecule has 1 aliphatic carbocycles. The molecule has 0 spiro atoms. The number of rotatable bonds is 3. The van der Waals surface area contributed by atoms with E-state index >= 15 is 0 Å². The molecule has 22 heavy (non-hydrogen) atoms. The number of hydrogen-bond acceptors (Lipinski definition) is 2. The van der Waals surface area contributed by atoms with Gasteiger partial charge >= 0.3 is 6.03 Å². The molecule has 2 heterocycles. The molecule has 0 atom stereocenters. The first-order valence-electron chi connectivity index (χ1n) is 8.65. The number of imidazole rings is 1. The Morgan fingerprint density at radius 3 is 2.50 bits per heavy atom. The largest absolute Gasteiger partial charge is 0.336 e. The molecule has 2 aliphatic rings. The van der Waals surface area contributed by atoms with Gasteiger partial charge in [-0.1, -0.05) is 6.42 Å². The van der Waals surface area contributed by atoms with Crippen LogP contribution in [0.1, 0.15) is 69.4 Å². The van der Waals surface area contributed by atoms with Crippen molar-refractivity contribution in [1.82, 2.24) is 19.8 Å². The molecular formula is C17H28N4O. The van der Waals surface area contributed by atoms with Gasteiger partial charge in [-0.3, -0.25) is 0 Å². The summed E-state index contributed by atoms with van der Waals surface area (Å²) in [5.41, 5.74) is 1.27. The molecule has 0 radical (unpaired) electrons. The predicted molar refractivity (Wildman–Crippen MR) is 87.1 cm³/mol. The first kappa shape index (κ1) is 15.4. The van der Waals surface area contributed by atoms with Crippen LogP contribution in [0.5, 0.6) is 0 Å². The smallest absolute Gasteiger partial charge is 0.317 e. The highest BCUT2D eigenvalue weighted by Gasteiger charge is 2.30. The summed E-state index contributed by atoms with van der Waals surface area (Å²) in [6, 6.07) is 0.780. The van der Waals surface area contributed by atoms with E-state index in [1.807, 2.05) is 24.9 Å². The Balaban J connectivity index is 1.64. The number of amides is 2. The third-order valence-corrected chi connectivity index (χ3v) is 5.01. The maximum Gasteiger partial charge on any atom is 0.317 e. The summed E-state index contributed by atoms with van der Waals surface area (Å²) in [6.07, 6.45) is 7.99. The average Bonchev–Trinajstić information content (AvgIpc) is 2.78. The Bertz CT molecular complexity index is 525. The molecule has 0 unspecified atom stereocenters. The van der Waals surface area contributed by atoms with Crippen molar-refractivity contribution in [3.8, 4) is 0 Å². The SMILES string of the molecule is Cc1cnc(C2CCC2)n1C1CCN(C(=O)NC(C)C)CC1. The quantitative estimate of drug-likeness (QED) is 0.932. The molecule has 1 aliphatic heterocycles. The summed E-state index contributed by atoms with van der Waals surface area (Å²) in [4.78, 5) is 18.7. The standard InChI is InChI=1S/C17H28N4O/c1-12(2)19-17(22)20-9-7-15(8-10-20)21-13(3)11-18-16(21)14-5-4-6-14/h11-12,14-15H,4-10H2,1-3H3,(H,19,22). The fourth-order valence-corrected chi connectivity index (χ4v) is 3.57. The lowest BCUT2D eigenvalue weighted by molar-refractivity contribution is 0.167. The van der Waals surface area contributed by atoms with Crippen molar-refractivity contribution in [2.45, 2.75) is 70.9 Å². The lowest BCUT2D eigenvalue weighted by atomic mass is 9.84. The number of piperidine rings is 1. The van der Waals surface area contributed by atoms with Crippen LogP contribution in [0.25, 0.3) is 0 Å². The van der Waals surface area contributed by atoms with Gasteiger partial charge in [0.2, 0.25) is 0 Å². The number of nitrogens with one attached hydrogen (secondary N) is 1.